The van der Waals surface area contributed by atoms with Gasteiger partial charge in [0.1, 0.15) is 28.9 Å². The van der Waals surface area contributed by atoms with Crippen LogP contribution < -0.4 is 4.74 Å². The molecule has 0 fully saturated rings. The lowest BCUT2D eigenvalue weighted by atomic mass is 9.94. The molecule has 1 aromatic carbocycles. The maximum atomic E-state index is 12.4. The average molecular weight is 366 g/mol. The van der Waals surface area contributed by atoms with Crippen LogP contribution in [0.2, 0.25) is 0 Å². The van der Waals surface area contributed by atoms with Crippen LogP contribution in [0.3, 0.4) is 0 Å². The standard InChI is InChI=1S/C18H22O8/c1-9-5-10(2)26-18(24)16-13(21)7-11(19)8-15(16)25-4-3-12(20)17(23)14(22)6-9/h7-10,14,19,21-22H,3-6H2,1-2H3/t9?,10-,14?/m0/s1. The number of carbonyl (C=O) groups is 3. The van der Waals surface area contributed by atoms with E-state index in [9.17, 15) is 29.7 Å². The molecule has 142 valence electrons. The van der Waals surface area contributed by atoms with Crippen LogP contribution in [0.25, 0.3) is 0 Å². The van der Waals surface area contributed by atoms with Gasteiger partial charge in [0, 0.05) is 18.6 Å². The second kappa shape index (κ2) is 8.18. The van der Waals surface area contributed by atoms with E-state index in [4.69, 9.17) is 9.47 Å². The van der Waals surface area contributed by atoms with Crippen molar-refractivity contribution in [2.45, 2.75) is 45.3 Å². The summed E-state index contributed by atoms with van der Waals surface area (Å²) in [5.74, 6) is -3.71. The van der Waals surface area contributed by atoms with Crippen molar-refractivity contribution in [3.63, 3.8) is 0 Å². The summed E-state index contributed by atoms with van der Waals surface area (Å²) in [4.78, 5) is 36.2. The fourth-order valence-electron chi connectivity index (χ4n) is 2.91. The number of carbonyl (C=O) groups excluding carboxylic acids is 3. The molecule has 26 heavy (non-hydrogen) atoms. The summed E-state index contributed by atoms with van der Waals surface area (Å²) in [6.07, 6.45) is -1.88. The lowest BCUT2D eigenvalue weighted by Crippen LogP contribution is -2.32. The summed E-state index contributed by atoms with van der Waals surface area (Å²) in [6.45, 7) is 3.13. The molecule has 1 aliphatic rings. The van der Waals surface area contributed by atoms with E-state index in [1.807, 2.05) is 0 Å². The number of Topliss-reactive ketones (excluding diaryl/α,β-unsaturated/α-hetero) is 2. The van der Waals surface area contributed by atoms with Crippen molar-refractivity contribution in [2.24, 2.45) is 5.92 Å². The van der Waals surface area contributed by atoms with E-state index in [1.54, 1.807) is 13.8 Å². The summed E-state index contributed by atoms with van der Waals surface area (Å²) in [5, 5.41) is 29.5. The van der Waals surface area contributed by atoms with Gasteiger partial charge in [0.15, 0.2) is 0 Å². The summed E-state index contributed by atoms with van der Waals surface area (Å²) in [6, 6.07) is 2.08. The van der Waals surface area contributed by atoms with E-state index in [2.05, 4.69) is 0 Å². The Kier molecular flexibility index (Phi) is 6.20. The summed E-state index contributed by atoms with van der Waals surface area (Å²) in [7, 11) is 0. The number of phenolic OH excluding ortho intramolecular Hbond substituents is 2. The maximum absolute atomic E-state index is 12.4. The lowest BCUT2D eigenvalue weighted by Gasteiger charge is -2.21. The first kappa shape index (κ1) is 19.7. The van der Waals surface area contributed by atoms with Crippen molar-refractivity contribution in [1.82, 2.24) is 0 Å². The molecule has 3 atom stereocenters. The highest BCUT2D eigenvalue weighted by Gasteiger charge is 2.28. The molecule has 0 radical (unpaired) electrons. The van der Waals surface area contributed by atoms with Crippen molar-refractivity contribution in [3.05, 3.63) is 17.7 Å². The molecule has 0 spiro atoms. The molecular weight excluding hydrogens is 344 g/mol. The van der Waals surface area contributed by atoms with E-state index in [1.165, 1.54) is 0 Å². The van der Waals surface area contributed by atoms with Crippen LogP contribution in [-0.2, 0) is 14.3 Å². The number of ether oxygens (including phenoxy) is 2. The van der Waals surface area contributed by atoms with Gasteiger partial charge in [-0.05, 0) is 25.7 Å². The van der Waals surface area contributed by atoms with E-state index in [0.29, 0.717) is 6.42 Å². The zero-order valence-corrected chi connectivity index (χ0v) is 14.6. The first-order chi connectivity index (χ1) is 12.2. The molecule has 0 saturated carbocycles. The van der Waals surface area contributed by atoms with Crippen LogP contribution in [0.4, 0.5) is 0 Å². The molecular formula is C18H22O8. The molecule has 0 amide bonds. The van der Waals surface area contributed by atoms with Crippen LogP contribution in [0.5, 0.6) is 17.2 Å². The second-order valence-electron chi connectivity index (χ2n) is 6.53. The number of aromatic hydroxyl groups is 2. The second-order valence-corrected chi connectivity index (χ2v) is 6.53. The molecule has 0 bridgehead atoms. The normalized spacial score (nSPS) is 25.7. The minimum Gasteiger partial charge on any atom is -0.508 e. The Morgan fingerprint density at radius 2 is 1.77 bits per heavy atom. The molecule has 8 nitrogen and oxygen atoms in total. The Morgan fingerprint density at radius 3 is 2.46 bits per heavy atom. The fourth-order valence-corrected chi connectivity index (χ4v) is 2.91. The number of ketones is 2. The highest BCUT2D eigenvalue weighted by Crippen LogP contribution is 2.34. The molecule has 0 aromatic heterocycles. The fraction of sp³-hybridized carbons (Fsp3) is 0.500. The predicted octanol–water partition coefficient (Wildman–Crippen LogP) is 1.34. The largest absolute Gasteiger partial charge is 0.508 e. The van der Waals surface area contributed by atoms with E-state index in [0.717, 1.165) is 12.1 Å². The van der Waals surface area contributed by atoms with Crippen molar-refractivity contribution in [3.8, 4) is 17.2 Å². The topological polar surface area (TPSA) is 130 Å². The zero-order valence-electron chi connectivity index (χ0n) is 14.6. The average Bonchev–Trinajstić information content (AvgIpc) is 2.51. The predicted molar refractivity (Wildman–Crippen MR) is 89.2 cm³/mol. The van der Waals surface area contributed by atoms with Crippen molar-refractivity contribution < 1.29 is 39.2 Å². The first-order valence-corrected chi connectivity index (χ1v) is 8.34. The van der Waals surface area contributed by atoms with Crippen LogP contribution in [0, 0.1) is 5.92 Å². The number of cyclic esters (lactones) is 1. The third-order valence-electron chi connectivity index (χ3n) is 4.10. The lowest BCUT2D eigenvalue weighted by molar-refractivity contribution is -0.142. The van der Waals surface area contributed by atoms with Gasteiger partial charge in [-0.3, -0.25) is 9.59 Å². The van der Waals surface area contributed by atoms with Gasteiger partial charge in [-0.25, -0.2) is 4.79 Å². The Bertz CT molecular complexity index is 711. The molecule has 0 saturated heterocycles. The van der Waals surface area contributed by atoms with E-state index < -0.39 is 35.5 Å². The Morgan fingerprint density at radius 1 is 1.08 bits per heavy atom. The van der Waals surface area contributed by atoms with Gasteiger partial charge in [0.05, 0.1) is 12.7 Å². The number of hydrogen-bond acceptors (Lipinski definition) is 8. The van der Waals surface area contributed by atoms with E-state index >= 15 is 0 Å². The van der Waals surface area contributed by atoms with Gasteiger partial charge in [0.25, 0.3) is 0 Å². The highest BCUT2D eigenvalue weighted by molar-refractivity contribution is 6.38. The van der Waals surface area contributed by atoms with Gasteiger partial charge < -0.3 is 24.8 Å². The Labute approximate surface area is 150 Å². The minimum absolute atomic E-state index is 0.0725. The summed E-state index contributed by atoms with van der Waals surface area (Å²) < 4.78 is 10.6. The number of hydrogen-bond donors (Lipinski definition) is 3. The molecule has 1 aromatic rings. The van der Waals surface area contributed by atoms with Gasteiger partial charge in [0.2, 0.25) is 11.6 Å². The third-order valence-corrected chi connectivity index (χ3v) is 4.10. The number of benzene rings is 1. The number of fused-ring (bicyclic) bond motifs is 1. The van der Waals surface area contributed by atoms with Crippen LogP contribution >= 0.6 is 0 Å². The molecule has 1 aliphatic heterocycles. The molecule has 1 heterocycles. The number of aliphatic hydroxyl groups excluding tert-OH is 1. The monoisotopic (exact) mass is 366 g/mol. The Balaban J connectivity index is 2.35. The van der Waals surface area contributed by atoms with Gasteiger partial charge >= 0.3 is 5.97 Å². The van der Waals surface area contributed by atoms with Crippen LogP contribution in [0.1, 0.15) is 43.5 Å². The summed E-state index contributed by atoms with van der Waals surface area (Å²) >= 11 is 0. The van der Waals surface area contributed by atoms with Gasteiger partial charge in [-0.15, -0.1) is 0 Å². The SMILES string of the molecule is CC1CC(O)C(=O)C(=O)CCOc2cc(O)cc(O)c2C(=O)O[C@@H](C)C1. The van der Waals surface area contributed by atoms with Crippen LogP contribution in [-0.4, -0.2) is 51.7 Å². The van der Waals surface area contributed by atoms with Crippen molar-refractivity contribution >= 4 is 17.5 Å². The number of phenols is 2. The molecule has 2 unspecified atom stereocenters. The maximum Gasteiger partial charge on any atom is 0.346 e. The molecule has 2 rings (SSSR count). The number of rotatable bonds is 0. The smallest absolute Gasteiger partial charge is 0.346 e. The molecule has 3 N–H and O–H groups in total. The van der Waals surface area contributed by atoms with Gasteiger partial charge in [-0.2, -0.15) is 0 Å². The number of aliphatic hydroxyl groups is 1. The van der Waals surface area contributed by atoms with E-state index in [-0.39, 0.29) is 42.4 Å². The first-order valence-electron chi connectivity index (χ1n) is 8.34. The Hall–Kier alpha value is -2.61. The molecule has 8 heteroatoms. The van der Waals surface area contributed by atoms with Gasteiger partial charge in [-0.1, -0.05) is 6.92 Å². The third kappa shape index (κ3) is 4.72. The van der Waals surface area contributed by atoms with Crippen molar-refractivity contribution in [2.75, 3.05) is 6.61 Å². The quantitative estimate of drug-likeness (QED) is 0.463. The minimum atomic E-state index is -1.41. The number of esters is 1. The van der Waals surface area contributed by atoms with Crippen molar-refractivity contribution in [1.29, 1.82) is 0 Å². The van der Waals surface area contributed by atoms with Crippen LogP contribution in [0.15, 0.2) is 12.1 Å². The summed E-state index contributed by atoms with van der Waals surface area (Å²) in [5.41, 5.74) is -0.266. The zero-order chi connectivity index (χ0) is 19.4. The molecule has 0 aliphatic carbocycles. The highest BCUT2D eigenvalue weighted by atomic mass is 16.5.